The fraction of sp³-hybridized carbons (Fsp3) is 0. The van der Waals surface area contributed by atoms with Gasteiger partial charge in [0.25, 0.3) is 0 Å². The zero-order chi connectivity index (χ0) is 5.33. The van der Waals surface area contributed by atoms with Gasteiger partial charge in [-0.05, 0) is 0 Å². The molecule has 0 aromatic rings. The average Bonchev–Trinajstić information content (AvgIpc) is 1.84. The molecule has 0 saturated carbocycles. The van der Waals surface area contributed by atoms with Crippen molar-refractivity contribution in [3.8, 4) is 0 Å². The Morgan fingerprint density at radius 2 is 2.14 bits per heavy atom. The molecule has 0 spiro atoms. The second kappa shape index (κ2) is 1.13. The minimum absolute atomic E-state index is 1.38. The van der Waals surface area contributed by atoms with Crippen molar-refractivity contribution in [2.75, 3.05) is 0 Å². The normalized spacial score (nSPS) is 23.4. The van der Waals surface area contributed by atoms with Gasteiger partial charge in [-0.3, -0.25) is 0 Å². The summed E-state index contributed by atoms with van der Waals surface area (Å²) >= 11 is 0. The van der Waals surface area contributed by atoms with Gasteiger partial charge in [-0.15, -0.1) is 5.11 Å². The van der Waals surface area contributed by atoms with Gasteiger partial charge in [0, 0.05) is 5.41 Å². The molecular formula is C2H4N4S. The molecule has 0 aromatic carbocycles. The first-order valence-corrected chi connectivity index (χ1v) is 3.27. The molecule has 0 fully saturated rings. The van der Waals surface area contributed by atoms with E-state index in [1.807, 2.05) is 0 Å². The van der Waals surface area contributed by atoms with Crippen molar-refractivity contribution in [3.63, 3.8) is 0 Å². The van der Waals surface area contributed by atoms with Gasteiger partial charge < -0.3 is 0 Å². The van der Waals surface area contributed by atoms with Crippen LogP contribution < -0.4 is 0 Å². The van der Waals surface area contributed by atoms with E-state index >= 15 is 0 Å². The highest BCUT2D eigenvalue weighted by molar-refractivity contribution is 7.95. The van der Waals surface area contributed by atoms with Crippen LogP contribution in [0, 0.1) is 9.56 Å². The van der Waals surface area contributed by atoms with Gasteiger partial charge in [-0.1, -0.05) is 4.52 Å². The molecule has 0 bridgehead atoms. The highest BCUT2D eigenvalue weighted by Gasteiger charge is 1.93. The molecule has 0 amide bonds. The highest BCUT2D eigenvalue weighted by Crippen LogP contribution is 2.05. The molecule has 5 heteroatoms. The summed E-state index contributed by atoms with van der Waals surface area (Å²) in [7, 11) is -2.27. The van der Waals surface area contributed by atoms with Crippen LogP contribution in [0.15, 0.2) is 21.2 Å². The van der Waals surface area contributed by atoms with Crippen LogP contribution in [0.4, 0.5) is 0 Å². The molecule has 7 heavy (non-hydrogen) atoms. The second-order valence-corrected chi connectivity index (χ2v) is 2.79. The molecule has 1 heterocycles. The first kappa shape index (κ1) is 4.45. The Kier molecular flexibility index (Phi) is 0.717. The fourth-order valence-corrected chi connectivity index (χ4v) is 0.732. The van der Waals surface area contributed by atoms with Crippen LogP contribution in [-0.4, -0.2) is 0 Å². The maximum absolute atomic E-state index is 6.89. The number of rotatable bonds is 0. The van der Waals surface area contributed by atoms with E-state index in [9.17, 15) is 0 Å². The topological polar surface area (TPSA) is 72.4 Å². The van der Waals surface area contributed by atoms with Crippen molar-refractivity contribution >= 4 is 9.81 Å². The number of hydrogen-bond acceptors (Lipinski definition) is 3. The smallest absolute Gasteiger partial charge is 0.0800 e. The van der Waals surface area contributed by atoms with Crippen LogP contribution >= 0.6 is 0 Å². The quantitative estimate of drug-likeness (QED) is 0.481. The van der Waals surface area contributed by atoms with Crippen molar-refractivity contribution in [2.24, 2.45) is 9.63 Å². The van der Waals surface area contributed by atoms with Gasteiger partial charge in [0.2, 0.25) is 0 Å². The summed E-state index contributed by atoms with van der Waals surface area (Å²) in [5.74, 6) is 0. The van der Waals surface area contributed by atoms with E-state index in [1.165, 1.54) is 11.6 Å². The molecule has 0 saturated heterocycles. The fourth-order valence-electron chi connectivity index (χ4n) is 0.244. The Hall–Kier alpha value is -0.710. The predicted molar refractivity (Wildman–Crippen MR) is 26.8 cm³/mol. The minimum Gasteiger partial charge on any atom is -0.246 e. The summed E-state index contributed by atoms with van der Waals surface area (Å²) < 4.78 is 17.1. The lowest BCUT2D eigenvalue weighted by atomic mass is 11.1. The van der Waals surface area contributed by atoms with Crippen molar-refractivity contribution in [1.82, 2.24) is 0 Å². The molecule has 0 radical (unpaired) electrons. The summed E-state index contributed by atoms with van der Waals surface area (Å²) in [5.41, 5.74) is 0. The lowest BCUT2D eigenvalue weighted by Gasteiger charge is -1.81. The number of hydrogen-bond donors (Lipinski definition) is 2. The van der Waals surface area contributed by atoms with Crippen molar-refractivity contribution in [3.05, 3.63) is 11.6 Å². The third kappa shape index (κ3) is 0.833. The van der Waals surface area contributed by atoms with Crippen LogP contribution in [0.1, 0.15) is 0 Å². The SMILES string of the molecule is N=S1(=N)C=CN=N1. The van der Waals surface area contributed by atoms with Crippen LogP contribution in [0.3, 0.4) is 0 Å². The average molecular weight is 116 g/mol. The van der Waals surface area contributed by atoms with E-state index in [1.54, 1.807) is 0 Å². The Labute approximate surface area is 41.5 Å². The molecule has 1 rings (SSSR count). The molecule has 2 N–H and O–H groups in total. The zero-order valence-corrected chi connectivity index (χ0v) is 4.27. The van der Waals surface area contributed by atoms with Gasteiger partial charge in [-0.2, -0.15) is 0 Å². The van der Waals surface area contributed by atoms with Crippen molar-refractivity contribution < 1.29 is 0 Å². The lowest BCUT2D eigenvalue weighted by molar-refractivity contribution is 1.34. The molecular weight excluding hydrogens is 112 g/mol. The van der Waals surface area contributed by atoms with Crippen LogP contribution in [0.25, 0.3) is 0 Å². The Bertz CT molecular complexity index is 190. The van der Waals surface area contributed by atoms with Gasteiger partial charge in [0.1, 0.15) is 0 Å². The highest BCUT2D eigenvalue weighted by atomic mass is 32.2. The predicted octanol–water partition coefficient (Wildman–Crippen LogP) is 1.52. The van der Waals surface area contributed by atoms with E-state index in [0.717, 1.165) is 0 Å². The van der Waals surface area contributed by atoms with Crippen molar-refractivity contribution in [2.45, 2.75) is 0 Å². The first-order valence-electron chi connectivity index (χ1n) is 1.62. The monoisotopic (exact) mass is 116 g/mol. The maximum Gasteiger partial charge on any atom is 0.0800 e. The molecule has 0 atom stereocenters. The first-order chi connectivity index (χ1) is 3.21. The van der Waals surface area contributed by atoms with E-state index < -0.39 is 9.81 Å². The standard InChI is InChI=1S/C2H4N4S/c3-7(4)2-1-5-6-7/h1-4H. The van der Waals surface area contributed by atoms with Crippen molar-refractivity contribution in [1.29, 1.82) is 9.56 Å². The largest absolute Gasteiger partial charge is 0.246 e. The third-order valence-electron chi connectivity index (χ3n) is 0.500. The molecule has 0 unspecified atom stereocenters. The van der Waals surface area contributed by atoms with Gasteiger partial charge >= 0.3 is 0 Å². The van der Waals surface area contributed by atoms with Crippen LogP contribution in [0.2, 0.25) is 0 Å². The van der Waals surface area contributed by atoms with Crippen LogP contribution in [0.5, 0.6) is 0 Å². The van der Waals surface area contributed by atoms with E-state index in [0.29, 0.717) is 0 Å². The Balaban J connectivity index is 3.25. The molecule has 0 aliphatic carbocycles. The third-order valence-corrected chi connectivity index (χ3v) is 1.37. The molecule has 1 aliphatic heterocycles. The van der Waals surface area contributed by atoms with Gasteiger partial charge in [0.15, 0.2) is 0 Å². The maximum atomic E-state index is 6.89. The van der Waals surface area contributed by atoms with E-state index in [2.05, 4.69) is 9.63 Å². The zero-order valence-electron chi connectivity index (χ0n) is 3.46. The second-order valence-electron chi connectivity index (χ2n) is 1.11. The van der Waals surface area contributed by atoms with Gasteiger partial charge in [-0.25, -0.2) is 9.56 Å². The van der Waals surface area contributed by atoms with Gasteiger partial charge in [0.05, 0.1) is 16.0 Å². The number of nitrogens with one attached hydrogen (secondary N) is 2. The Morgan fingerprint density at radius 3 is 2.29 bits per heavy atom. The molecule has 38 valence electrons. The minimum atomic E-state index is -2.27. The summed E-state index contributed by atoms with van der Waals surface area (Å²) in [5, 5.41) is 4.72. The summed E-state index contributed by atoms with van der Waals surface area (Å²) in [6.07, 6.45) is 1.38. The summed E-state index contributed by atoms with van der Waals surface area (Å²) in [4.78, 5) is 0. The summed E-state index contributed by atoms with van der Waals surface area (Å²) in [6, 6.07) is 0. The molecule has 4 nitrogen and oxygen atoms in total. The number of nitrogens with zero attached hydrogens (tertiary/aromatic N) is 2. The Morgan fingerprint density at radius 1 is 1.43 bits per heavy atom. The lowest BCUT2D eigenvalue weighted by Crippen LogP contribution is -1.72. The molecule has 0 aromatic heterocycles. The van der Waals surface area contributed by atoms with E-state index in [-0.39, 0.29) is 0 Å². The summed E-state index contributed by atoms with van der Waals surface area (Å²) in [6.45, 7) is 0. The van der Waals surface area contributed by atoms with Crippen LogP contribution in [-0.2, 0) is 9.81 Å². The molecule has 1 aliphatic rings. The van der Waals surface area contributed by atoms with E-state index in [4.69, 9.17) is 9.56 Å².